The molecule has 0 atom stereocenters. The number of fused-ring (bicyclic) bond motifs is 2. The molecule has 0 unspecified atom stereocenters. The van der Waals surface area contributed by atoms with Crippen molar-refractivity contribution in [3.05, 3.63) is 70.8 Å². The van der Waals surface area contributed by atoms with E-state index in [1.54, 1.807) is 0 Å². The first-order chi connectivity index (χ1) is 13.4. The van der Waals surface area contributed by atoms with Crippen molar-refractivity contribution in [1.29, 1.82) is 0 Å². The van der Waals surface area contributed by atoms with Crippen LogP contribution in [0.4, 0.5) is 23.0 Å². The molecule has 0 fully saturated rings. The molecule has 0 saturated carbocycles. The second-order valence-corrected chi connectivity index (χ2v) is 8.25. The molecule has 0 saturated heterocycles. The zero-order valence-corrected chi connectivity index (χ0v) is 17.0. The number of para-hydroxylation sites is 1. The lowest BCUT2D eigenvalue weighted by molar-refractivity contribution is 0.368. The summed E-state index contributed by atoms with van der Waals surface area (Å²) in [5.41, 5.74) is 5.22. The van der Waals surface area contributed by atoms with Gasteiger partial charge in [-0.25, -0.2) is 0 Å². The molecule has 29 heavy (non-hydrogen) atoms. The van der Waals surface area contributed by atoms with Gasteiger partial charge in [-0.05, 0) is 24.6 Å². The van der Waals surface area contributed by atoms with Crippen LogP contribution in [0, 0.1) is 6.92 Å². The van der Waals surface area contributed by atoms with Gasteiger partial charge in [0.05, 0.1) is 6.07 Å². The Labute approximate surface area is 168 Å². The van der Waals surface area contributed by atoms with Gasteiger partial charge in [0.1, 0.15) is 11.5 Å². The zero-order chi connectivity index (χ0) is 21.4. The van der Waals surface area contributed by atoms with Gasteiger partial charge in [0.15, 0.2) is 6.54 Å². The maximum atomic E-state index is 9.75. The van der Waals surface area contributed by atoms with Crippen molar-refractivity contribution in [2.45, 2.75) is 39.5 Å². The summed E-state index contributed by atoms with van der Waals surface area (Å²) < 4.78 is 47.7. The molecule has 154 valence electrons. The Hall–Kier alpha value is -2.57. The molecule has 2 heterocycles. The maximum Gasteiger partial charge on any atom is 0.673 e. The smallest absolute Gasteiger partial charge is 0.460 e. The van der Waals surface area contributed by atoms with Crippen LogP contribution >= 0.6 is 0 Å². The molecule has 3 aliphatic rings. The first-order valence-corrected chi connectivity index (χ1v) is 9.54. The zero-order valence-electron chi connectivity index (χ0n) is 17.0. The fourth-order valence-electron chi connectivity index (χ4n) is 3.49. The van der Waals surface area contributed by atoms with Crippen molar-refractivity contribution >= 4 is 12.9 Å². The fraction of sp³-hybridized carbons (Fsp3) is 0.318. The van der Waals surface area contributed by atoms with E-state index in [4.69, 9.17) is 4.42 Å². The quantitative estimate of drug-likeness (QED) is 0.257. The van der Waals surface area contributed by atoms with E-state index in [-0.39, 0.29) is 5.41 Å². The Morgan fingerprint density at radius 1 is 0.966 bits per heavy atom. The van der Waals surface area contributed by atoms with Crippen LogP contribution in [0.1, 0.15) is 37.7 Å². The summed E-state index contributed by atoms with van der Waals surface area (Å²) in [5.74, 6) is 2.01. The molecular weight excluding hydrogens is 381 g/mol. The first-order valence-electron chi connectivity index (χ1n) is 9.54. The molecule has 0 bridgehead atoms. The Morgan fingerprint density at radius 3 is 2.28 bits per heavy atom. The third kappa shape index (κ3) is 5.08. The molecule has 0 radical (unpaired) electrons. The molecule has 2 nitrogen and oxygen atoms in total. The summed E-state index contributed by atoms with van der Waals surface area (Å²) in [6.45, 7) is 9.77. The third-order valence-corrected chi connectivity index (χ3v) is 4.90. The van der Waals surface area contributed by atoms with E-state index >= 15 is 0 Å². The van der Waals surface area contributed by atoms with Crippen LogP contribution in [0.25, 0.3) is 11.3 Å². The van der Waals surface area contributed by atoms with Crippen LogP contribution in [0.3, 0.4) is 0 Å². The molecule has 0 N–H and O–H groups in total. The molecule has 1 aliphatic carbocycles. The standard InChI is InChI=1S/C22H24NO.BF4/c1-15-13-21(22(2,3)4)24-20-14-17(9-10-18(15)20)23-12-11-16-7-5-6-8-19(16)23;2-1(3,4)5/h5-10,13-14H,11-12H2,1-4H3;/q+1;-1. The largest absolute Gasteiger partial charge is 0.673 e. The molecule has 0 spiro atoms. The van der Waals surface area contributed by atoms with Crippen LogP contribution < -0.4 is 9.93 Å². The lowest BCUT2D eigenvalue weighted by Crippen LogP contribution is -2.23. The normalized spacial score (nSPS) is 15.7. The van der Waals surface area contributed by atoms with Crippen molar-refractivity contribution in [1.82, 2.24) is 4.58 Å². The molecule has 0 aromatic heterocycles. The van der Waals surface area contributed by atoms with Crippen molar-refractivity contribution in [2.75, 3.05) is 6.54 Å². The number of halogens is 4. The van der Waals surface area contributed by atoms with Crippen molar-refractivity contribution in [3.63, 3.8) is 0 Å². The van der Waals surface area contributed by atoms with E-state index in [0.29, 0.717) is 0 Å². The number of hydrogen-bond acceptors (Lipinski definition) is 1. The Bertz CT molecular complexity index is 1060. The van der Waals surface area contributed by atoms with E-state index in [1.165, 1.54) is 27.7 Å². The molecular formula is C22H24BF4NO. The highest BCUT2D eigenvalue weighted by atomic mass is 19.5. The fourth-order valence-corrected chi connectivity index (χ4v) is 3.49. The Kier molecular flexibility index (Phi) is 5.61. The van der Waals surface area contributed by atoms with Gasteiger partial charge in [-0.1, -0.05) is 39.0 Å². The summed E-state index contributed by atoms with van der Waals surface area (Å²) in [5, 5.41) is 1.21. The van der Waals surface area contributed by atoms with Gasteiger partial charge in [-0.3, -0.25) is 0 Å². The van der Waals surface area contributed by atoms with E-state index in [0.717, 1.165) is 24.5 Å². The molecule has 1 aromatic carbocycles. The molecule has 4 rings (SSSR count). The van der Waals surface area contributed by atoms with Gasteiger partial charge in [-0.2, -0.15) is 4.58 Å². The maximum absolute atomic E-state index is 9.75. The van der Waals surface area contributed by atoms with Gasteiger partial charge in [0, 0.05) is 35.1 Å². The minimum absolute atomic E-state index is 0.00913. The number of rotatable bonds is 0. The molecule has 1 aromatic rings. The van der Waals surface area contributed by atoms with Gasteiger partial charge in [-0.15, -0.1) is 0 Å². The van der Waals surface area contributed by atoms with E-state index < -0.39 is 7.25 Å². The lowest BCUT2D eigenvalue weighted by Gasteiger charge is -2.20. The van der Waals surface area contributed by atoms with E-state index in [1.807, 2.05) is 0 Å². The van der Waals surface area contributed by atoms with E-state index in [2.05, 4.69) is 80.8 Å². The summed E-state index contributed by atoms with van der Waals surface area (Å²) >= 11 is 0. The summed E-state index contributed by atoms with van der Waals surface area (Å²) in [6, 6.07) is 17.4. The van der Waals surface area contributed by atoms with Crippen LogP contribution in [-0.2, 0) is 11.8 Å². The third-order valence-electron chi connectivity index (χ3n) is 4.90. The second kappa shape index (κ2) is 7.69. The van der Waals surface area contributed by atoms with Crippen molar-refractivity contribution in [3.8, 4) is 11.3 Å². The molecule has 2 aliphatic heterocycles. The van der Waals surface area contributed by atoms with Crippen molar-refractivity contribution in [2.24, 2.45) is 0 Å². The summed E-state index contributed by atoms with van der Waals surface area (Å²) in [6.07, 6.45) is 1.10. The van der Waals surface area contributed by atoms with Crippen LogP contribution in [0.15, 0.2) is 52.9 Å². The Morgan fingerprint density at radius 2 is 1.62 bits per heavy atom. The highest BCUT2D eigenvalue weighted by Gasteiger charge is 2.25. The van der Waals surface area contributed by atoms with Crippen molar-refractivity contribution < 1.29 is 21.7 Å². The number of nitrogens with zero attached hydrogens (tertiary/aromatic N) is 1. The topological polar surface area (TPSA) is 16.1 Å². The average molecular weight is 405 g/mol. The Balaban J connectivity index is 0.000000431. The number of benzene rings is 2. The predicted molar refractivity (Wildman–Crippen MR) is 109 cm³/mol. The first kappa shape index (κ1) is 21.2. The van der Waals surface area contributed by atoms with Crippen LogP contribution in [0.2, 0.25) is 0 Å². The van der Waals surface area contributed by atoms with Gasteiger partial charge in [0.25, 0.3) is 0 Å². The minimum Gasteiger partial charge on any atom is -0.460 e. The average Bonchev–Trinajstić information content (AvgIpc) is 3.03. The number of aryl methyl sites for hydroxylation is 1. The van der Waals surface area contributed by atoms with Crippen LogP contribution in [-0.4, -0.2) is 13.8 Å². The highest BCUT2D eigenvalue weighted by Crippen LogP contribution is 2.32. The van der Waals surface area contributed by atoms with Gasteiger partial charge < -0.3 is 21.7 Å². The van der Waals surface area contributed by atoms with Crippen LogP contribution in [0.5, 0.6) is 0 Å². The SMILES string of the molecule is Cc1cc(C(C)(C)C)oc2cc(=[N+]3CCc4ccccc43)ccc1-2.F[B-](F)(F)F. The molecule has 0 amide bonds. The lowest BCUT2D eigenvalue weighted by atomic mass is 9.91. The van der Waals surface area contributed by atoms with E-state index in [9.17, 15) is 17.3 Å². The second-order valence-electron chi connectivity index (χ2n) is 8.25. The molecule has 7 heteroatoms. The predicted octanol–water partition coefficient (Wildman–Crippen LogP) is 5.95. The van der Waals surface area contributed by atoms with Gasteiger partial charge in [0.2, 0.25) is 11.0 Å². The minimum atomic E-state index is -6.00. The van der Waals surface area contributed by atoms with Gasteiger partial charge >= 0.3 is 7.25 Å². The summed E-state index contributed by atoms with van der Waals surface area (Å²) in [4.78, 5) is 0. The summed E-state index contributed by atoms with van der Waals surface area (Å²) in [7, 11) is -6.00. The highest BCUT2D eigenvalue weighted by molar-refractivity contribution is 6.50. The number of hydrogen-bond donors (Lipinski definition) is 0. The monoisotopic (exact) mass is 405 g/mol.